The van der Waals surface area contributed by atoms with Crippen LogP contribution in [0.5, 0.6) is 5.75 Å². The number of carboxylic acids is 1. The van der Waals surface area contributed by atoms with Crippen molar-refractivity contribution in [3.05, 3.63) is 80.0 Å². The minimum atomic E-state index is -1.29. The van der Waals surface area contributed by atoms with Gasteiger partial charge < -0.3 is 9.84 Å². The third kappa shape index (κ3) is 6.82. The van der Waals surface area contributed by atoms with Crippen molar-refractivity contribution in [2.45, 2.75) is 18.9 Å². The number of carboxylic acid groups (broad SMARTS) is 1. The molecule has 1 atom stereocenters. The molecule has 12 nitrogen and oxygen atoms in total. The van der Waals surface area contributed by atoms with Gasteiger partial charge in [0.05, 0.1) is 17.2 Å². The Bertz CT molecular complexity index is 1220. The topological polar surface area (TPSA) is 176 Å². The molecule has 34 heavy (non-hydrogen) atoms. The predicted octanol–water partition coefficient (Wildman–Crippen LogP) is 5.58. The molecule has 0 amide bonds. The van der Waals surface area contributed by atoms with Crippen LogP contribution in [0.25, 0.3) is 21.7 Å². The quantitative estimate of drug-likeness (QED) is 0.0881. The van der Waals surface area contributed by atoms with Crippen LogP contribution in [0.3, 0.4) is 0 Å². The molecule has 0 aliphatic rings. The molecule has 0 radical (unpaired) electrons. The summed E-state index contributed by atoms with van der Waals surface area (Å²) in [5, 5.41) is 33.9. The van der Waals surface area contributed by atoms with Crippen molar-refractivity contribution in [1.29, 1.82) is 0 Å². The molecule has 0 spiro atoms. The highest BCUT2D eigenvalue weighted by molar-refractivity contribution is 7.13. The van der Waals surface area contributed by atoms with Gasteiger partial charge in [-0.05, 0) is 36.2 Å². The molecular weight excluding hydrogens is 462 g/mol. The van der Waals surface area contributed by atoms with Gasteiger partial charge in [-0.1, -0.05) is 23.3 Å². The Balaban J connectivity index is 1.64. The van der Waals surface area contributed by atoms with E-state index in [2.05, 4.69) is 25.2 Å². The van der Waals surface area contributed by atoms with Crippen LogP contribution in [0.1, 0.15) is 12.0 Å². The van der Waals surface area contributed by atoms with E-state index < -0.39 is 16.9 Å². The van der Waals surface area contributed by atoms with Crippen molar-refractivity contribution in [2.75, 3.05) is 13.2 Å². The number of ether oxygens (including phenoxy) is 1. The number of nitro groups is 1. The van der Waals surface area contributed by atoms with Crippen LogP contribution < -0.4 is 4.74 Å². The maximum atomic E-state index is 11.6. The highest BCUT2D eigenvalue weighted by atomic mass is 32.1. The molecule has 0 aliphatic heterocycles. The summed E-state index contributed by atoms with van der Waals surface area (Å²) in [5.41, 5.74) is 9.80. The molecule has 174 valence electrons. The lowest BCUT2D eigenvalue weighted by Crippen LogP contribution is -2.20. The number of azide groups is 1. The molecule has 0 saturated heterocycles. The average Bonchev–Trinajstić information content (AvgIpc) is 3.31. The first-order chi connectivity index (χ1) is 16.5. The van der Waals surface area contributed by atoms with Crippen molar-refractivity contribution in [3.8, 4) is 17.0 Å². The molecule has 0 aliphatic carbocycles. The molecule has 2 aromatic carbocycles. The number of aromatic nitrogens is 1. The Kier molecular flexibility index (Phi) is 8.60. The summed E-state index contributed by atoms with van der Waals surface area (Å²) < 4.78 is 5.58. The zero-order valence-corrected chi connectivity index (χ0v) is 18.5. The largest absolute Gasteiger partial charge is 0.494 e. The van der Waals surface area contributed by atoms with Crippen molar-refractivity contribution >= 4 is 28.1 Å². The molecule has 0 bridgehead atoms. The number of aliphatic carboxylic acids is 1. The summed E-state index contributed by atoms with van der Waals surface area (Å²) in [7, 11) is 0. The first-order valence-electron chi connectivity index (χ1n) is 10.0. The summed E-state index contributed by atoms with van der Waals surface area (Å²) >= 11 is 1.19. The van der Waals surface area contributed by atoms with E-state index in [1.54, 1.807) is 23.6 Å². The van der Waals surface area contributed by atoms with Crippen molar-refractivity contribution < 1.29 is 19.6 Å². The fourth-order valence-corrected chi connectivity index (χ4v) is 3.55. The zero-order chi connectivity index (χ0) is 24.3. The molecule has 1 unspecified atom stereocenters. The van der Waals surface area contributed by atoms with E-state index in [9.17, 15) is 20.0 Å². The van der Waals surface area contributed by atoms with Gasteiger partial charge in [0.25, 0.3) is 5.69 Å². The smallest absolute Gasteiger partial charge is 0.330 e. The van der Waals surface area contributed by atoms with Gasteiger partial charge in [-0.2, -0.15) is 5.11 Å². The van der Waals surface area contributed by atoms with E-state index in [1.165, 1.54) is 29.5 Å². The standard InChI is InChI=1S/C21H19N7O5S/c22-27-23-10-3-11-33-16-8-6-14(7-9-16)18-13-34-21(24-18)26-25-17(20(29)30)12-15-4-1-2-5-19(15)28(31)32/h1-2,4-9,13,17H,3,10-12H2,(H,29,30). The van der Waals surface area contributed by atoms with Crippen molar-refractivity contribution in [3.63, 3.8) is 0 Å². The Morgan fingerprint density at radius 2 is 2.03 bits per heavy atom. The number of hydrogen-bond donors (Lipinski definition) is 1. The number of nitrogens with zero attached hydrogens (tertiary/aromatic N) is 7. The second kappa shape index (κ2) is 12.0. The highest BCUT2D eigenvalue weighted by Crippen LogP contribution is 2.29. The van der Waals surface area contributed by atoms with Crippen LogP contribution in [0, 0.1) is 10.1 Å². The van der Waals surface area contributed by atoms with E-state index in [0.29, 0.717) is 31.0 Å². The number of benzene rings is 2. The number of rotatable bonds is 12. The van der Waals surface area contributed by atoms with Gasteiger partial charge in [0.2, 0.25) is 5.13 Å². The first kappa shape index (κ1) is 24.3. The Morgan fingerprint density at radius 1 is 1.26 bits per heavy atom. The molecule has 1 aromatic heterocycles. The Morgan fingerprint density at radius 3 is 2.74 bits per heavy atom. The molecule has 0 saturated carbocycles. The Hall–Kier alpha value is -4.35. The molecule has 13 heteroatoms. The summed E-state index contributed by atoms with van der Waals surface area (Å²) in [5.74, 6) is -0.576. The van der Waals surface area contributed by atoms with E-state index in [4.69, 9.17) is 10.3 Å². The molecule has 1 N–H and O–H groups in total. The Labute approximate surface area is 197 Å². The lowest BCUT2D eigenvalue weighted by molar-refractivity contribution is -0.385. The third-order valence-corrected chi connectivity index (χ3v) is 5.27. The molecule has 3 rings (SSSR count). The number of hydrogen-bond acceptors (Lipinski definition) is 9. The van der Waals surface area contributed by atoms with E-state index in [-0.39, 0.29) is 22.8 Å². The summed E-state index contributed by atoms with van der Waals surface area (Å²) in [6, 6.07) is 11.9. The number of azo groups is 1. The molecular formula is C21H19N7O5S. The summed E-state index contributed by atoms with van der Waals surface area (Å²) in [4.78, 5) is 29.3. The molecule has 1 heterocycles. The van der Waals surface area contributed by atoms with Gasteiger partial charge in [-0.3, -0.25) is 10.1 Å². The van der Waals surface area contributed by atoms with Crippen molar-refractivity contribution in [1.82, 2.24) is 4.98 Å². The van der Waals surface area contributed by atoms with Crippen LogP contribution in [-0.4, -0.2) is 40.2 Å². The second-order valence-electron chi connectivity index (χ2n) is 6.86. The van der Waals surface area contributed by atoms with Gasteiger partial charge in [-0.15, -0.1) is 16.5 Å². The predicted molar refractivity (Wildman–Crippen MR) is 124 cm³/mol. The first-order valence-corrected chi connectivity index (χ1v) is 10.9. The number of carbonyl (C=O) groups is 1. The van der Waals surface area contributed by atoms with Crippen LogP contribution in [-0.2, 0) is 11.2 Å². The number of thiazole rings is 1. The number of para-hydroxylation sites is 1. The molecule has 0 fully saturated rings. The highest BCUT2D eigenvalue weighted by Gasteiger charge is 2.22. The normalized spacial score (nSPS) is 11.6. The van der Waals surface area contributed by atoms with Gasteiger partial charge >= 0.3 is 5.97 Å². The van der Waals surface area contributed by atoms with Gasteiger partial charge in [0.1, 0.15) is 5.75 Å². The van der Waals surface area contributed by atoms with Crippen LogP contribution >= 0.6 is 11.3 Å². The van der Waals surface area contributed by atoms with Crippen molar-refractivity contribution in [2.24, 2.45) is 15.3 Å². The fourth-order valence-electron chi connectivity index (χ4n) is 2.90. The van der Waals surface area contributed by atoms with Gasteiger partial charge in [0.15, 0.2) is 6.04 Å². The SMILES string of the molecule is [N-]=[N+]=NCCCOc1ccc(-c2csc(N=NC(Cc3ccccc3[N+](=O)[O-])C(=O)O)n2)cc1. The second-order valence-corrected chi connectivity index (χ2v) is 7.69. The van der Waals surface area contributed by atoms with E-state index in [0.717, 1.165) is 5.56 Å². The lowest BCUT2D eigenvalue weighted by Gasteiger charge is -2.06. The summed E-state index contributed by atoms with van der Waals surface area (Å²) in [6.45, 7) is 0.798. The van der Waals surface area contributed by atoms with Gasteiger partial charge in [0, 0.05) is 40.5 Å². The van der Waals surface area contributed by atoms with Crippen LogP contribution in [0.4, 0.5) is 10.8 Å². The van der Waals surface area contributed by atoms with E-state index >= 15 is 0 Å². The fraction of sp³-hybridized carbons (Fsp3) is 0.238. The minimum Gasteiger partial charge on any atom is -0.494 e. The monoisotopic (exact) mass is 481 g/mol. The maximum absolute atomic E-state index is 11.6. The minimum absolute atomic E-state index is 0.163. The molecule has 3 aromatic rings. The van der Waals surface area contributed by atoms with Crippen LogP contribution in [0.15, 0.2) is 69.3 Å². The van der Waals surface area contributed by atoms with E-state index in [1.807, 2.05) is 12.1 Å². The average molecular weight is 481 g/mol. The zero-order valence-electron chi connectivity index (χ0n) is 17.7. The maximum Gasteiger partial charge on any atom is 0.330 e. The van der Waals surface area contributed by atoms with Gasteiger partial charge in [-0.25, -0.2) is 9.78 Å². The number of nitro benzene ring substituents is 1. The lowest BCUT2D eigenvalue weighted by atomic mass is 10.0. The third-order valence-electron chi connectivity index (χ3n) is 4.55. The summed E-state index contributed by atoms with van der Waals surface area (Å²) in [6.07, 6.45) is 0.444. The van der Waals surface area contributed by atoms with Crippen LogP contribution in [0.2, 0.25) is 0 Å².